The van der Waals surface area contributed by atoms with Gasteiger partial charge in [0.25, 0.3) is 0 Å². The van der Waals surface area contributed by atoms with Crippen LogP contribution in [0.5, 0.6) is 0 Å². The number of nitrogens with one attached hydrogen (secondary N) is 1. The molecule has 2 rings (SSSR count). The van der Waals surface area contributed by atoms with Crippen LogP contribution in [0.1, 0.15) is 0 Å². The third-order valence-electron chi connectivity index (χ3n) is 2.14. The highest BCUT2D eigenvalue weighted by Crippen LogP contribution is 2.20. The Kier molecular flexibility index (Phi) is 2.40. The summed E-state index contributed by atoms with van der Waals surface area (Å²) < 4.78 is 28.3. The molecule has 1 aromatic heterocycles. The van der Waals surface area contributed by atoms with E-state index in [1.807, 2.05) is 0 Å². The average Bonchev–Trinajstić information content (AvgIpc) is 2.51. The Hall–Kier alpha value is -1.49. The standard InChI is InChI=1S/C10H8F2N2S/c1-2-5-14-9-7(13-10(14)15)4-3-6(11)8(9)12/h2-4H,1,5H2,(H,13,15). The smallest absolute Gasteiger partial charge is 0.184 e. The van der Waals surface area contributed by atoms with Crippen LogP contribution in [0.4, 0.5) is 8.78 Å². The Bertz CT molecular complexity index is 583. The number of rotatable bonds is 2. The van der Waals surface area contributed by atoms with Crippen LogP contribution in [0.15, 0.2) is 24.8 Å². The van der Waals surface area contributed by atoms with Gasteiger partial charge in [-0.2, -0.15) is 0 Å². The largest absolute Gasteiger partial charge is 0.330 e. The van der Waals surface area contributed by atoms with Crippen molar-refractivity contribution in [3.05, 3.63) is 41.2 Å². The zero-order chi connectivity index (χ0) is 11.0. The number of hydrogen-bond donors (Lipinski definition) is 1. The second-order valence-electron chi connectivity index (χ2n) is 3.09. The van der Waals surface area contributed by atoms with Crippen LogP contribution in [0.3, 0.4) is 0 Å². The molecule has 0 unspecified atom stereocenters. The van der Waals surface area contributed by atoms with Crippen molar-refractivity contribution in [1.29, 1.82) is 0 Å². The molecule has 1 N–H and O–H groups in total. The van der Waals surface area contributed by atoms with Gasteiger partial charge in [0.15, 0.2) is 16.4 Å². The van der Waals surface area contributed by atoms with E-state index < -0.39 is 11.6 Å². The molecule has 0 saturated carbocycles. The van der Waals surface area contributed by atoms with Gasteiger partial charge in [-0.25, -0.2) is 8.78 Å². The van der Waals surface area contributed by atoms with Crippen LogP contribution >= 0.6 is 12.2 Å². The monoisotopic (exact) mass is 226 g/mol. The summed E-state index contributed by atoms with van der Waals surface area (Å²) in [5.41, 5.74) is 0.639. The van der Waals surface area contributed by atoms with Crippen LogP contribution in [0.25, 0.3) is 11.0 Å². The molecule has 78 valence electrons. The molecule has 2 aromatic rings. The molecular formula is C10H8F2N2S. The van der Waals surface area contributed by atoms with Crippen molar-refractivity contribution in [1.82, 2.24) is 9.55 Å². The molecule has 0 fully saturated rings. The van der Waals surface area contributed by atoms with Gasteiger partial charge in [0.1, 0.15) is 5.52 Å². The second kappa shape index (κ2) is 3.58. The summed E-state index contributed by atoms with van der Waals surface area (Å²) in [7, 11) is 0. The molecule has 0 radical (unpaired) electrons. The van der Waals surface area contributed by atoms with Crippen LogP contribution in [-0.4, -0.2) is 9.55 Å². The van der Waals surface area contributed by atoms with E-state index in [-0.39, 0.29) is 5.52 Å². The molecule has 0 aliphatic heterocycles. The third-order valence-corrected chi connectivity index (χ3v) is 2.46. The number of fused-ring (bicyclic) bond motifs is 1. The molecular weight excluding hydrogens is 218 g/mol. The predicted octanol–water partition coefficient (Wildman–Crippen LogP) is 3.16. The fraction of sp³-hybridized carbons (Fsp3) is 0.100. The Labute approximate surface area is 89.8 Å². The van der Waals surface area contributed by atoms with Gasteiger partial charge in [-0.3, -0.25) is 0 Å². The summed E-state index contributed by atoms with van der Waals surface area (Å²) in [6.45, 7) is 3.88. The number of imidazole rings is 1. The normalized spacial score (nSPS) is 10.8. The minimum absolute atomic E-state index is 0.153. The molecule has 1 aromatic carbocycles. The van der Waals surface area contributed by atoms with E-state index >= 15 is 0 Å². The lowest BCUT2D eigenvalue weighted by Gasteiger charge is -2.01. The molecule has 0 saturated heterocycles. The number of allylic oxidation sites excluding steroid dienone is 1. The van der Waals surface area contributed by atoms with Gasteiger partial charge in [-0.05, 0) is 24.4 Å². The van der Waals surface area contributed by atoms with Crippen molar-refractivity contribution in [2.24, 2.45) is 0 Å². The zero-order valence-electron chi connectivity index (χ0n) is 7.76. The van der Waals surface area contributed by atoms with Gasteiger partial charge in [0, 0.05) is 6.54 Å². The highest BCUT2D eigenvalue weighted by atomic mass is 32.1. The van der Waals surface area contributed by atoms with Crippen LogP contribution < -0.4 is 0 Å². The lowest BCUT2D eigenvalue weighted by Crippen LogP contribution is -1.97. The van der Waals surface area contributed by atoms with Crippen molar-refractivity contribution < 1.29 is 8.78 Å². The summed E-state index contributed by atoms with van der Waals surface area (Å²) in [5.74, 6) is -1.77. The van der Waals surface area contributed by atoms with Crippen LogP contribution in [-0.2, 0) is 6.54 Å². The van der Waals surface area contributed by atoms with Gasteiger partial charge in [-0.15, -0.1) is 6.58 Å². The number of benzene rings is 1. The first-order valence-electron chi connectivity index (χ1n) is 4.32. The number of halogens is 2. The predicted molar refractivity (Wildman–Crippen MR) is 57.2 cm³/mol. The fourth-order valence-corrected chi connectivity index (χ4v) is 1.77. The highest BCUT2D eigenvalue weighted by Gasteiger charge is 2.12. The second-order valence-corrected chi connectivity index (χ2v) is 3.47. The number of aromatic nitrogens is 2. The van der Waals surface area contributed by atoms with Gasteiger partial charge < -0.3 is 9.55 Å². The van der Waals surface area contributed by atoms with E-state index in [1.54, 1.807) is 6.08 Å². The van der Waals surface area contributed by atoms with Crippen LogP contribution in [0, 0.1) is 16.4 Å². The molecule has 0 amide bonds. The Balaban J connectivity index is 2.89. The van der Waals surface area contributed by atoms with E-state index in [0.29, 0.717) is 16.8 Å². The topological polar surface area (TPSA) is 20.7 Å². The van der Waals surface area contributed by atoms with E-state index in [0.717, 1.165) is 6.07 Å². The van der Waals surface area contributed by atoms with Gasteiger partial charge in [0.05, 0.1) is 5.52 Å². The lowest BCUT2D eigenvalue weighted by atomic mass is 10.3. The Morgan fingerprint density at radius 3 is 2.87 bits per heavy atom. The molecule has 0 aliphatic carbocycles. The maximum Gasteiger partial charge on any atom is 0.184 e. The molecule has 5 heteroatoms. The first-order chi connectivity index (χ1) is 7.15. The molecule has 0 atom stereocenters. The van der Waals surface area contributed by atoms with E-state index in [4.69, 9.17) is 12.2 Å². The van der Waals surface area contributed by atoms with Crippen LogP contribution in [0.2, 0.25) is 0 Å². The Morgan fingerprint density at radius 1 is 1.47 bits per heavy atom. The van der Waals surface area contributed by atoms with E-state index in [2.05, 4.69) is 11.6 Å². The SMILES string of the molecule is C=CCn1c(=S)[nH]c2ccc(F)c(F)c21. The summed E-state index contributed by atoms with van der Waals surface area (Å²) in [6, 6.07) is 2.53. The van der Waals surface area contributed by atoms with Crippen molar-refractivity contribution >= 4 is 23.3 Å². The van der Waals surface area contributed by atoms with Crippen molar-refractivity contribution in [3.63, 3.8) is 0 Å². The maximum atomic E-state index is 13.5. The summed E-state index contributed by atoms with van der Waals surface area (Å²) in [4.78, 5) is 2.80. The summed E-state index contributed by atoms with van der Waals surface area (Å²) in [5, 5.41) is 0. The molecule has 0 spiro atoms. The van der Waals surface area contributed by atoms with Crippen molar-refractivity contribution in [3.8, 4) is 0 Å². The lowest BCUT2D eigenvalue weighted by molar-refractivity contribution is 0.512. The molecule has 15 heavy (non-hydrogen) atoms. The minimum atomic E-state index is -0.887. The third kappa shape index (κ3) is 1.48. The number of nitrogens with zero attached hydrogens (tertiary/aromatic N) is 1. The van der Waals surface area contributed by atoms with Crippen molar-refractivity contribution in [2.75, 3.05) is 0 Å². The summed E-state index contributed by atoms with van der Waals surface area (Å²) >= 11 is 4.99. The number of aromatic amines is 1. The summed E-state index contributed by atoms with van der Waals surface area (Å²) in [6.07, 6.45) is 1.58. The van der Waals surface area contributed by atoms with Crippen molar-refractivity contribution in [2.45, 2.75) is 6.54 Å². The first kappa shape index (κ1) is 10.0. The zero-order valence-corrected chi connectivity index (χ0v) is 8.57. The Morgan fingerprint density at radius 2 is 2.20 bits per heavy atom. The molecule has 2 nitrogen and oxygen atoms in total. The van der Waals surface area contributed by atoms with Gasteiger partial charge in [-0.1, -0.05) is 6.08 Å². The maximum absolute atomic E-state index is 13.5. The highest BCUT2D eigenvalue weighted by molar-refractivity contribution is 7.71. The molecule has 1 heterocycles. The van der Waals surface area contributed by atoms with E-state index in [9.17, 15) is 8.78 Å². The number of hydrogen-bond acceptors (Lipinski definition) is 1. The minimum Gasteiger partial charge on any atom is -0.330 e. The van der Waals surface area contributed by atoms with Gasteiger partial charge in [0.2, 0.25) is 0 Å². The number of H-pyrrole nitrogens is 1. The molecule has 0 aliphatic rings. The molecule has 0 bridgehead atoms. The first-order valence-corrected chi connectivity index (χ1v) is 4.73. The quantitative estimate of drug-likeness (QED) is 0.616. The fourth-order valence-electron chi connectivity index (χ4n) is 1.49. The average molecular weight is 226 g/mol. The van der Waals surface area contributed by atoms with E-state index in [1.165, 1.54) is 10.6 Å². The van der Waals surface area contributed by atoms with Gasteiger partial charge >= 0.3 is 0 Å².